The van der Waals surface area contributed by atoms with E-state index in [0.717, 1.165) is 30.7 Å². The van der Waals surface area contributed by atoms with Gasteiger partial charge in [-0.15, -0.1) is 0 Å². The SMILES string of the molecule is CC(C)(O)CCOC(C)(C)C1C(N2CCCC2O)c2cc(C#N)ccc2OC1(C)C. The maximum atomic E-state index is 10.8. The molecule has 2 N–H and O–H groups in total. The van der Waals surface area contributed by atoms with Crippen molar-refractivity contribution < 1.29 is 19.7 Å². The molecule has 0 aromatic heterocycles. The van der Waals surface area contributed by atoms with E-state index in [1.165, 1.54) is 0 Å². The van der Waals surface area contributed by atoms with Gasteiger partial charge < -0.3 is 19.7 Å². The quantitative estimate of drug-likeness (QED) is 0.734. The van der Waals surface area contributed by atoms with Gasteiger partial charge >= 0.3 is 0 Å². The Morgan fingerprint density at radius 2 is 2.00 bits per heavy atom. The molecule has 3 atom stereocenters. The zero-order valence-corrected chi connectivity index (χ0v) is 19.1. The monoisotopic (exact) mass is 416 g/mol. The van der Waals surface area contributed by atoms with E-state index in [4.69, 9.17) is 9.47 Å². The fraction of sp³-hybridized carbons (Fsp3) is 0.708. The predicted octanol–water partition coefficient (Wildman–Crippen LogP) is 3.76. The third-order valence-corrected chi connectivity index (χ3v) is 6.45. The summed E-state index contributed by atoms with van der Waals surface area (Å²) in [6.45, 7) is 13.0. The number of likely N-dealkylation sites (tertiary alicyclic amines) is 1. The molecule has 166 valence electrons. The molecule has 0 radical (unpaired) electrons. The summed E-state index contributed by atoms with van der Waals surface area (Å²) in [4.78, 5) is 2.13. The highest BCUT2D eigenvalue weighted by molar-refractivity contribution is 5.46. The number of fused-ring (bicyclic) bond motifs is 1. The molecule has 1 aromatic rings. The van der Waals surface area contributed by atoms with Gasteiger partial charge in [-0.25, -0.2) is 0 Å². The number of rotatable bonds is 6. The van der Waals surface area contributed by atoms with Crippen molar-refractivity contribution in [1.82, 2.24) is 4.90 Å². The van der Waals surface area contributed by atoms with Crippen LogP contribution in [0.25, 0.3) is 0 Å². The largest absolute Gasteiger partial charge is 0.487 e. The van der Waals surface area contributed by atoms with Gasteiger partial charge in [0.25, 0.3) is 0 Å². The average Bonchev–Trinajstić information content (AvgIpc) is 3.03. The molecular formula is C24H36N2O4. The summed E-state index contributed by atoms with van der Waals surface area (Å²) in [7, 11) is 0. The molecule has 1 saturated heterocycles. The molecule has 2 aliphatic heterocycles. The van der Waals surface area contributed by atoms with Crippen molar-refractivity contribution in [3.05, 3.63) is 29.3 Å². The molecule has 0 saturated carbocycles. The van der Waals surface area contributed by atoms with Crippen molar-refractivity contribution in [2.75, 3.05) is 13.2 Å². The van der Waals surface area contributed by atoms with Crippen LogP contribution in [0.1, 0.15) is 78.0 Å². The lowest BCUT2D eigenvalue weighted by Crippen LogP contribution is -2.59. The van der Waals surface area contributed by atoms with E-state index in [1.54, 1.807) is 19.9 Å². The molecule has 1 aromatic carbocycles. The fourth-order valence-electron chi connectivity index (χ4n) is 5.19. The van der Waals surface area contributed by atoms with Crippen LogP contribution in [0.5, 0.6) is 5.75 Å². The first-order valence-electron chi connectivity index (χ1n) is 10.9. The number of hydrogen-bond donors (Lipinski definition) is 2. The van der Waals surface area contributed by atoms with Crippen LogP contribution in [0.15, 0.2) is 18.2 Å². The molecule has 1 fully saturated rings. The molecule has 3 unspecified atom stereocenters. The van der Waals surface area contributed by atoms with Crippen LogP contribution >= 0.6 is 0 Å². The first-order chi connectivity index (χ1) is 13.9. The summed E-state index contributed by atoms with van der Waals surface area (Å²) in [5.74, 6) is 0.646. The molecule has 0 amide bonds. The number of nitriles is 1. The molecular weight excluding hydrogens is 380 g/mol. The molecule has 2 heterocycles. The van der Waals surface area contributed by atoms with E-state index in [2.05, 4.69) is 38.7 Å². The maximum Gasteiger partial charge on any atom is 0.125 e. The summed E-state index contributed by atoms with van der Waals surface area (Å²) >= 11 is 0. The smallest absolute Gasteiger partial charge is 0.125 e. The second kappa shape index (κ2) is 8.12. The summed E-state index contributed by atoms with van der Waals surface area (Å²) in [5.41, 5.74) is -0.448. The Kier molecular flexibility index (Phi) is 6.23. The highest BCUT2D eigenvalue weighted by atomic mass is 16.5. The summed E-state index contributed by atoms with van der Waals surface area (Å²) in [6.07, 6.45) is 1.66. The zero-order chi connectivity index (χ0) is 22.3. The normalized spacial score (nSPS) is 26.7. The Hall–Kier alpha value is -1.65. The lowest BCUT2D eigenvalue weighted by Gasteiger charge is -2.54. The lowest BCUT2D eigenvalue weighted by molar-refractivity contribution is -0.171. The van der Waals surface area contributed by atoms with Crippen molar-refractivity contribution in [1.29, 1.82) is 5.26 Å². The maximum absolute atomic E-state index is 10.8. The van der Waals surface area contributed by atoms with Crippen LogP contribution in [0, 0.1) is 17.2 Å². The Bertz CT molecular complexity index is 806. The molecule has 6 heteroatoms. The number of ether oxygens (including phenoxy) is 2. The van der Waals surface area contributed by atoms with Crippen LogP contribution < -0.4 is 4.74 Å². The van der Waals surface area contributed by atoms with Crippen molar-refractivity contribution in [3.8, 4) is 11.8 Å². The third-order valence-electron chi connectivity index (χ3n) is 6.45. The van der Waals surface area contributed by atoms with Crippen molar-refractivity contribution in [2.45, 2.75) is 89.9 Å². The van der Waals surface area contributed by atoms with Gasteiger partial charge in [-0.1, -0.05) is 0 Å². The van der Waals surface area contributed by atoms with Crippen molar-refractivity contribution in [2.24, 2.45) is 5.92 Å². The van der Waals surface area contributed by atoms with Crippen LogP contribution in [-0.2, 0) is 4.74 Å². The number of benzene rings is 1. The third kappa shape index (κ3) is 4.65. The van der Waals surface area contributed by atoms with Crippen LogP contribution in [-0.4, -0.2) is 51.3 Å². The first-order valence-corrected chi connectivity index (χ1v) is 10.9. The van der Waals surface area contributed by atoms with Gasteiger partial charge in [-0.05, 0) is 79.0 Å². The van der Waals surface area contributed by atoms with E-state index < -0.39 is 23.0 Å². The van der Waals surface area contributed by atoms with Gasteiger partial charge in [-0.3, -0.25) is 4.90 Å². The minimum Gasteiger partial charge on any atom is -0.487 e. The Morgan fingerprint density at radius 1 is 1.30 bits per heavy atom. The van der Waals surface area contributed by atoms with E-state index >= 15 is 0 Å². The van der Waals surface area contributed by atoms with Gasteiger partial charge in [-0.2, -0.15) is 5.26 Å². The Morgan fingerprint density at radius 3 is 2.57 bits per heavy atom. The highest BCUT2D eigenvalue weighted by Crippen LogP contribution is 2.53. The summed E-state index contributed by atoms with van der Waals surface area (Å²) < 4.78 is 12.8. The van der Waals surface area contributed by atoms with Crippen LogP contribution in [0.3, 0.4) is 0 Å². The highest BCUT2D eigenvalue weighted by Gasteiger charge is 2.55. The molecule has 0 bridgehead atoms. The molecule has 0 aliphatic carbocycles. The summed E-state index contributed by atoms with van der Waals surface area (Å²) in [5, 5.41) is 30.3. The van der Waals surface area contributed by atoms with Gasteiger partial charge in [0.05, 0.1) is 35.5 Å². The topological polar surface area (TPSA) is 86.0 Å². The molecule has 6 nitrogen and oxygen atoms in total. The minimum atomic E-state index is -0.798. The second-order valence-corrected chi connectivity index (χ2v) is 10.4. The van der Waals surface area contributed by atoms with E-state index in [1.807, 2.05) is 12.1 Å². The lowest BCUT2D eigenvalue weighted by atomic mass is 9.69. The fourth-order valence-corrected chi connectivity index (χ4v) is 5.19. The van der Waals surface area contributed by atoms with E-state index in [-0.39, 0.29) is 12.0 Å². The minimum absolute atomic E-state index is 0.110. The molecule has 2 aliphatic rings. The number of aliphatic hydroxyl groups is 2. The second-order valence-electron chi connectivity index (χ2n) is 10.4. The first kappa shape index (κ1) is 23.0. The van der Waals surface area contributed by atoms with Crippen molar-refractivity contribution >= 4 is 0 Å². The average molecular weight is 417 g/mol. The van der Waals surface area contributed by atoms with Gasteiger partial charge in [0.1, 0.15) is 17.6 Å². The Balaban J connectivity index is 2.04. The Labute approximate surface area is 180 Å². The molecule has 0 spiro atoms. The van der Waals surface area contributed by atoms with Crippen LogP contribution in [0.2, 0.25) is 0 Å². The zero-order valence-electron chi connectivity index (χ0n) is 19.1. The summed E-state index contributed by atoms with van der Waals surface area (Å²) in [6, 6.07) is 7.61. The molecule has 30 heavy (non-hydrogen) atoms. The molecule has 3 rings (SSSR count). The number of aliphatic hydroxyl groups excluding tert-OH is 1. The predicted molar refractivity (Wildman–Crippen MR) is 115 cm³/mol. The van der Waals surface area contributed by atoms with Gasteiger partial charge in [0.2, 0.25) is 0 Å². The van der Waals surface area contributed by atoms with E-state index in [0.29, 0.717) is 18.6 Å². The number of hydrogen-bond acceptors (Lipinski definition) is 6. The number of nitrogens with zero attached hydrogens (tertiary/aromatic N) is 2. The van der Waals surface area contributed by atoms with Crippen molar-refractivity contribution in [3.63, 3.8) is 0 Å². The van der Waals surface area contributed by atoms with E-state index in [9.17, 15) is 15.5 Å². The standard InChI is InChI=1S/C24H36N2O4/c1-22(2,28)11-13-29-23(3,4)21-20(26-12-7-8-19(26)27)17-14-16(15-25)9-10-18(17)30-24(21,5)6/h9-10,14,19-21,27-28H,7-8,11-13H2,1-6H3. The van der Waals surface area contributed by atoms with Gasteiger partial charge in [0.15, 0.2) is 0 Å². The van der Waals surface area contributed by atoms with Crippen LogP contribution in [0.4, 0.5) is 0 Å². The van der Waals surface area contributed by atoms with Gasteiger partial charge in [0, 0.05) is 18.0 Å².